The number of nitro groups is 1. The average Bonchev–Trinajstić information content (AvgIpc) is 2.86. The molecule has 2 heterocycles. The van der Waals surface area contributed by atoms with Gasteiger partial charge in [-0.25, -0.2) is 4.79 Å². The molecule has 116 valence electrons. The van der Waals surface area contributed by atoms with Gasteiger partial charge in [0.2, 0.25) is 6.29 Å². The van der Waals surface area contributed by atoms with Gasteiger partial charge in [0, 0.05) is 17.8 Å². The van der Waals surface area contributed by atoms with Crippen molar-refractivity contribution < 1.29 is 28.7 Å². The van der Waals surface area contributed by atoms with E-state index in [4.69, 9.17) is 14.2 Å². The van der Waals surface area contributed by atoms with Crippen LogP contribution in [0.5, 0.6) is 0 Å². The van der Waals surface area contributed by atoms with Gasteiger partial charge in [-0.3, -0.25) is 14.9 Å². The number of rotatable bonds is 6. The van der Waals surface area contributed by atoms with Crippen LogP contribution in [-0.2, 0) is 23.8 Å². The van der Waals surface area contributed by atoms with Gasteiger partial charge in [0.25, 0.3) is 0 Å². The Labute approximate surface area is 121 Å². The summed E-state index contributed by atoms with van der Waals surface area (Å²) in [6.07, 6.45) is -0.750. The van der Waals surface area contributed by atoms with Crippen molar-refractivity contribution in [1.29, 1.82) is 0 Å². The predicted octanol–water partition coefficient (Wildman–Crippen LogP) is 0.472. The summed E-state index contributed by atoms with van der Waals surface area (Å²) in [6.45, 7) is 5.10. The topological polar surface area (TPSA) is 105 Å². The summed E-state index contributed by atoms with van der Waals surface area (Å²) in [4.78, 5) is 35.1. The molecule has 0 aromatic heterocycles. The zero-order chi connectivity index (χ0) is 15.6. The molecule has 8 heteroatoms. The molecule has 0 amide bonds. The molecule has 0 saturated carbocycles. The smallest absolute Gasteiger partial charge is 0.385 e. The van der Waals surface area contributed by atoms with Crippen LogP contribution in [0.15, 0.2) is 12.7 Å². The maximum Gasteiger partial charge on any atom is 0.385 e. The van der Waals surface area contributed by atoms with Crippen molar-refractivity contribution in [3.05, 3.63) is 22.8 Å². The normalized spacial score (nSPS) is 30.5. The second kappa shape index (κ2) is 5.90. The summed E-state index contributed by atoms with van der Waals surface area (Å²) in [6, 6.07) is 0. The van der Waals surface area contributed by atoms with Gasteiger partial charge in [0.05, 0.1) is 25.2 Å². The highest BCUT2D eigenvalue weighted by Crippen LogP contribution is 2.40. The van der Waals surface area contributed by atoms with E-state index in [0.717, 1.165) is 0 Å². The van der Waals surface area contributed by atoms with Gasteiger partial charge in [-0.2, -0.15) is 0 Å². The minimum atomic E-state index is -2.07. The van der Waals surface area contributed by atoms with Gasteiger partial charge in [0.1, 0.15) is 0 Å². The van der Waals surface area contributed by atoms with Crippen molar-refractivity contribution in [3.8, 4) is 0 Å². The fourth-order valence-corrected chi connectivity index (χ4v) is 2.87. The lowest BCUT2D eigenvalue weighted by molar-refractivity contribution is -0.568. The number of nitrogens with zero attached hydrogens (tertiary/aromatic N) is 1. The fourth-order valence-electron chi connectivity index (χ4n) is 2.87. The Bertz CT molecular complexity index is 477. The Hall–Kier alpha value is -1.80. The Kier molecular flexibility index (Phi) is 4.38. The predicted molar refractivity (Wildman–Crippen MR) is 68.9 cm³/mol. The summed E-state index contributed by atoms with van der Waals surface area (Å²) < 4.78 is 15.4. The molecular formula is C13H17NO7. The highest BCUT2D eigenvalue weighted by Gasteiger charge is 2.64. The second-order valence-electron chi connectivity index (χ2n) is 5.01. The first-order valence-corrected chi connectivity index (χ1v) is 6.69. The van der Waals surface area contributed by atoms with E-state index < -0.39 is 40.5 Å². The highest BCUT2D eigenvalue weighted by molar-refractivity contribution is 5.86. The Morgan fingerprint density at radius 1 is 1.67 bits per heavy atom. The zero-order valence-electron chi connectivity index (χ0n) is 11.6. The average molecular weight is 299 g/mol. The first-order chi connectivity index (χ1) is 9.97. The van der Waals surface area contributed by atoms with E-state index in [1.54, 1.807) is 6.92 Å². The lowest BCUT2D eigenvalue weighted by Gasteiger charge is -2.34. The van der Waals surface area contributed by atoms with Crippen molar-refractivity contribution in [3.63, 3.8) is 0 Å². The van der Waals surface area contributed by atoms with Gasteiger partial charge in [0.15, 0.2) is 5.78 Å². The standard InChI is InChI=1S/C13H17NO7/c1-3-5-13(14(17)18,12(16)19-4-2)8-6-9(15)11-20-7-10(8)21-11/h3,8,10-11H,1,4-7H2,2H3/t8-,10+,11+,13?/m0/s1. The third kappa shape index (κ3) is 2.44. The van der Waals surface area contributed by atoms with E-state index in [9.17, 15) is 19.7 Å². The van der Waals surface area contributed by atoms with Crippen LogP contribution in [0.2, 0.25) is 0 Å². The van der Waals surface area contributed by atoms with Crippen LogP contribution in [0.25, 0.3) is 0 Å². The van der Waals surface area contributed by atoms with Crippen LogP contribution in [0.1, 0.15) is 19.8 Å². The number of ether oxygens (including phenoxy) is 3. The van der Waals surface area contributed by atoms with Gasteiger partial charge in [-0.05, 0) is 6.92 Å². The SMILES string of the molecule is C=CCC(C(=O)OCC)([C@H]1CC(=O)[C@@H]2OC[C@H]1O2)[N+](=O)[O-]. The minimum Gasteiger partial charge on any atom is -0.461 e. The quantitative estimate of drug-likeness (QED) is 0.304. The molecule has 2 fully saturated rings. The van der Waals surface area contributed by atoms with Crippen molar-refractivity contribution in [2.24, 2.45) is 5.92 Å². The van der Waals surface area contributed by atoms with Crippen molar-refractivity contribution in [2.45, 2.75) is 37.7 Å². The van der Waals surface area contributed by atoms with Crippen molar-refractivity contribution in [1.82, 2.24) is 0 Å². The van der Waals surface area contributed by atoms with E-state index in [2.05, 4.69) is 6.58 Å². The summed E-state index contributed by atoms with van der Waals surface area (Å²) >= 11 is 0. The van der Waals surface area contributed by atoms with Gasteiger partial charge in [-0.1, -0.05) is 6.08 Å². The first-order valence-electron chi connectivity index (χ1n) is 6.69. The number of carbonyl (C=O) groups excluding carboxylic acids is 2. The molecule has 1 unspecified atom stereocenters. The molecule has 0 aromatic carbocycles. The van der Waals surface area contributed by atoms with Crippen molar-refractivity contribution in [2.75, 3.05) is 13.2 Å². The minimum absolute atomic E-state index is 0.0108. The van der Waals surface area contributed by atoms with Gasteiger partial charge in [-0.15, -0.1) is 6.58 Å². The molecule has 0 radical (unpaired) electrons. The van der Waals surface area contributed by atoms with Crippen LogP contribution in [0.4, 0.5) is 0 Å². The maximum atomic E-state index is 12.3. The van der Waals surface area contributed by atoms with Crippen LogP contribution in [0, 0.1) is 16.0 Å². The maximum absolute atomic E-state index is 12.3. The summed E-state index contributed by atoms with van der Waals surface area (Å²) in [7, 11) is 0. The molecule has 2 rings (SSSR count). The van der Waals surface area contributed by atoms with Crippen molar-refractivity contribution >= 4 is 11.8 Å². The van der Waals surface area contributed by atoms with E-state index in [1.165, 1.54) is 6.08 Å². The largest absolute Gasteiger partial charge is 0.461 e. The van der Waals surface area contributed by atoms with E-state index in [1.807, 2.05) is 0 Å². The monoisotopic (exact) mass is 299 g/mol. The zero-order valence-corrected chi connectivity index (χ0v) is 11.6. The molecule has 2 aliphatic heterocycles. The molecular weight excluding hydrogens is 282 g/mol. The summed E-state index contributed by atoms with van der Waals surface area (Å²) in [5.41, 5.74) is -2.07. The fraction of sp³-hybridized carbons (Fsp3) is 0.692. The van der Waals surface area contributed by atoms with Crippen LogP contribution in [0.3, 0.4) is 0 Å². The van der Waals surface area contributed by atoms with Crippen LogP contribution < -0.4 is 0 Å². The van der Waals surface area contributed by atoms with E-state index >= 15 is 0 Å². The molecule has 4 atom stereocenters. The third-order valence-electron chi connectivity index (χ3n) is 3.87. The Morgan fingerprint density at radius 2 is 2.38 bits per heavy atom. The lowest BCUT2D eigenvalue weighted by atomic mass is 9.74. The lowest BCUT2D eigenvalue weighted by Crippen LogP contribution is -2.59. The number of esters is 1. The number of ketones is 1. The molecule has 0 aromatic rings. The van der Waals surface area contributed by atoms with Crippen LogP contribution in [-0.4, -0.2) is 47.8 Å². The molecule has 0 aliphatic carbocycles. The van der Waals surface area contributed by atoms with Gasteiger partial charge < -0.3 is 14.2 Å². The number of Topliss-reactive ketones (excluding diaryl/α,β-unsaturated/α-hetero) is 1. The summed E-state index contributed by atoms with van der Waals surface area (Å²) in [5, 5.41) is 11.7. The van der Waals surface area contributed by atoms with E-state index in [-0.39, 0.29) is 26.1 Å². The number of hydrogen-bond acceptors (Lipinski definition) is 7. The number of hydrogen-bond donors (Lipinski definition) is 0. The molecule has 2 aliphatic rings. The first kappa shape index (κ1) is 15.6. The molecule has 2 saturated heterocycles. The molecule has 0 N–H and O–H groups in total. The Morgan fingerprint density at radius 3 is 2.95 bits per heavy atom. The molecule has 2 bridgehead atoms. The second-order valence-corrected chi connectivity index (χ2v) is 5.01. The highest BCUT2D eigenvalue weighted by atomic mass is 16.7. The number of fused-ring (bicyclic) bond motifs is 2. The van der Waals surface area contributed by atoms with Crippen LogP contribution >= 0.6 is 0 Å². The third-order valence-corrected chi connectivity index (χ3v) is 3.87. The summed E-state index contributed by atoms with van der Waals surface area (Å²) in [5.74, 6) is -2.30. The van der Waals surface area contributed by atoms with Gasteiger partial charge >= 0.3 is 11.5 Å². The molecule has 0 spiro atoms. The number of carbonyl (C=O) groups is 2. The van der Waals surface area contributed by atoms with E-state index in [0.29, 0.717) is 0 Å². The Balaban J connectivity index is 2.42. The molecule has 8 nitrogen and oxygen atoms in total. The molecule has 21 heavy (non-hydrogen) atoms.